The number of methoxy groups -OCH3 is 1. The SMILES string of the molecule is COc1ccc(NC2CCCCC2O)c([N+](=O)[O-])c1. The Kier molecular flexibility index (Phi) is 4.21. The number of benzene rings is 1. The molecule has 0 heterocycles. The van der Waals surface area contributed by atoms with E-state index < -0.39 is 11.0 Å². The molecule has 1 aliphatic rings. The molecule has 1 fully saturated rings. The molecule has 0 bridgehead atoms. The maximum Gasteiger partial charge on any atom is 0.296 e. The largest absolute Gasteiger partial charge is 0.496 e. The second kappa shape index (κ2) is 5.88. The third-order valence-electron chi connectivity index (χ3n) is 3.47. The number of nitro groups is 1. The molecule has 2 rings (SSSR count). The Morgan fingerprint density at radius 1 is 1.42 bits per heavy atom. The molecule has 2 N–H and O–H groups in total. The number of hydrogen-bond donors (Lipinski definition) is 2. The highest BCUT2D eigenvalue weighted by Crippen LogP contribution is 2.31. The van der Waals surface area contributed by atoms with Gasteiger partial charge in [-0.2, -0.15) is 0 Å². The second-order valence-electron chi connectivity index (χ2n) is 4.74. The molecule has 104 valence electrons. The molecular formula is C13H18N2O4. The summed E-state index contributed by atoms with van der Waals surface area (Å²) in [7, 11) is 1.47. The molecule has 0 aliphatic heterocycles. The summed E-state index contributed by atoms with van der Waals surface area (Å²) in [6, 6.07) is 4.56. The predicted octanol–water partition coefficient (Wildman–Crippen LogP) is 2.32. The van der Waals surface area contributed by atoms with E-state index in [4.69, 9.17) is 4.74 Å². The van der Waals surface area contributed by atoms with E-state index in [0.29, 0.717) is 11.4 Å². The molecule has 0 radical (unpaired) electrons. The van der Waals surface area contributed by atoms with Crippen LogP contribution in [-0.2, 0) is 0 Å². The Labute approximate surface area is 111 Å². The molecule has 0 aromatic heterocycles. The van der Waals surface area contributed by atoms with E-state index in [2.05, 4.69) is 5.32 Å². The van der Waals surface area contributed by atoms with Crippen molar-refractivity contribution in [3.8, 4) is 5.75 Å². The van der Waals surface area contributed by atoms with E-state index in [0.717, 1.165) is 25.7 Å². The number of aliphatic hydroxyl groups is 1. The number of hydrogen-bond acceptors (Lipinski definition) is 5. The van der Waals surface area contributed by atoms with Gasteiger partial charge in [-0.1, -0.05) is 12.8 Å². The van der Waals surface area contributed by atoms with Gasteiger partial charge in [0, 0.05) is 0 Å². The lowest BCUT2D eigenvalue weighted by molar-refractivity contribution is -0.384. The zero-order valence-electron chi connectivity index (χ0n) is 10.8. The highest BCUT2D eigenvalue weighted by molar-refractivity contribution is 5.64. The Bertz CT molecular complexity index is 464. The van der Waals surface area contributed by atoms with Gasteiger partial charge in [0.2, 0.25) is 0 Å². The molecule has 2 unspecified atom stereocenters. The molecule has 1 saturated carbocycles. The van der Waals surface area contributed by atoms with Crippen LogP contribution in [0, 0.1) is 10.1 Å². The number of nitro benzene ring substituents is 1. The van der Waals surface area contributed by atoms with Gasteiger partial charge < -0.3 is 15.2 Å². The monoisotopic (exact) mass is 266 g/mol. The lowest BCUT2D eigenvalue weighted by Gasteiger charge is -2.29. The molecule has 0 saturated heterocycles. The molecule has 6 heteroatoms. The van der Waals surface area contributed by atoms with E-state index in [1.165, 1.54) is 13.2 Å². The summed E-state index contributed by atoms with van der Waals surface area (Å²) in [5, 5.41) is 24.0. The Hall–Kier alpha value is -1.82. The van der Waals surface area contributed by atoms with Crippen LogP contribution in [-0.4, -0.2) is 29.3 Å². The van der Waals surface area contributed by atoms with Crippen LogP contribution >= 0.6 is 0 Å². The van der Waals surface area contributed by atoms with E-state index >= 15 is 0 Å². The maximum atomic E-state index is 11.1. The summed E-state index contributed by atoms with van der Waals surface area (Å²) in [4.78, 5) is 10.6. The Morgan fingerprint density at radius 3 is 2.79 bits per heavy atom. The Morgan fingerprint density at radius 2 is 2.16 bits per heavy atom. The van der Waals surface area contributed by atoms with Gasteiger partial charge in [-0.05, 0) is 25.0 Å². The highest BCUT2D eigenvalue weighted by Gasteiger charge is 2.25. The van der Waals surface area contributed by atoms with Crippen LogP contribution in [0.15, 0.2) is 18.2 Å². The van der Waals surface area contributed by atoms with E-state index in [-0.39, 0.29) is 11.7 Å². The summed E-state index contributed by atoms with van der Waals surface area (Å²) in [5.41, 5.74) is 0.397. The van der Waals surface area contributed by atoms with Gasteiger partial charge in [-0.25, -0.2) is 0 Å². The van der Waals surface area contributed by atoms with Crippen LogP contribution < -0.4 is 10.1 Å². The van der Waals surface area contributed by atoms with Crippen LogP contribution in [0.3, 0.4) is 0 Å². The van der Waals surface area contributed by atoms with Crippen molar-refractivity contribution in [2.24, 2.45) is 0 Å². The molecule has 2 atom stereocenters. The second-order valence-corrected chi connectivity index (χ2v) is 4.74. The minimum atomic E-state index is -0.449. The van der Waals surface area contributed by atoms with Gasteiger partial charge in [0.15, 0.2) is 0 Å². The molecule has 1 aliphatic carbocycles. The molecule has 0 amide bonds. The first kappa shape index (κ1) is 13.6. The van der Waals surface area contributed by atoms with Gasteiger partial charge in [0.25, 0.3) is 5.69 Å². The third-order valence-corrected chi connectivity index (χ3v) is 3.47. The van der Waals surface area contributed by atoms with Gasteiger partial charge in [0.1, 0.15) is 11.4 Å². The molecule has 0 spiro atoms. The molecule has 6 nitrogen and oxygen atoms in total. The first-order valence-corrected chi connectivity index (χ1v) is 6.39. The van der Waals surface area contributed by atoms with Crippen molar-refractivity contribution in [2.75, 3.05) is 12.4 Å². The van der Waals surface area contributed by atoms with E-state index in [1.54, 1.807) is 12.1 Å². The van der Waals surface area contributed by atoms with Gasteiger partial charge in [0.05, 0.1) is 30.2 Å². The van der Waals surface area contributed by atoms with Gasteiger partial charge in [-0.15, -0.1) is 0 Å². The lowest BCUT2D eigenvalue weighted by Crippen LogP contribution is -2.36. The van der Waals surface area contributed by atoms with Crippen LogP contribution in [0.2, 0.25) is 0 Å². The van der Waals surface area contributed by atoms with Gasteiger partial charge >= 0.3 is 0 Å². The van der Waals surface area contributed by atoms with Crippen molar-refractivity contribution in [1.82, 2.24) is 0 Å². The number of aliphatic hydroxyl groups excluding tert-OH is 1. The summed E-state index contributed by atoms with van der Waals surface area (Å²) in [6.45, 7) is 0. The minimum absolute atomic E-state index is 0.0304. The first-order valence-electron chi connectivity index (χ1n) is 6.39. The fourth-order valence-electron chi connectivity index (χ4n) is 2.39. The normalized spacial score (nSPS) is 22.8. The zero-order valence-corrected chi connectivity index (χ0v) is 10.8. The topological polar surface area (TPSA) is 84.6 Å². The Balaban J connectivity index is 2.21. The standard InChI is InChI=1S/C13H18N2O4/c1-19-9-6-7-10(12(8-9)15(17)18)14-11-4-2-3-5-13(11)16/h6-8,11,13-14,16H,2-5H2,1H3. The lowest BCUT2D eigenvalue weighted by atomic mass is 9.92. The van der Waals surface area contributed by atoms with Crippen LogP contribution in [0.4, 0.5) is 11.4 Å². The number of rotatable bonds is 4. The minimum Gasteiger partial charge on any atom is -0.496 e. The average molecular weight is 266 g/mol. The number of anilines is 1. The zero-order chi connectivity index (χ0) is 13.8. The van der Waals surface area contributed by atoms with Crippen molar-refractivity contribution in [1.29, 1.82) is 0 Å². The van der Waals surface area contributed by atoms with Crippen molar-refractivity contribution in [3.05, 3.63) is 28.3 Å². The van der Waals surface area contributed by atoms with Gasteiger partial charge in [-0.3, -0.25) is 10.1 Å². The summed E-state index contributed by atoms with van der Waals surface area (Å²) in [6.07, 6.45) is 3.14. The van der Waals surface area contributed by atoms with E-state index in [1.807, 2.05) is 0 Å². The van der Waals surface area contributed by atoms with Crippen LogP contribution in [0.25, 0.3) is 0 Å². The van der Waals surface area contributed by atoms with Crippen molar-refractivity contribution >= 4 is 11.4 Å². The predicted molar refractivity (Wildman–Crippen MR) is 71.5 cm³/mol. The van der Waals surface area contributed by atoms with Crippen LogP contribution in [0.5, 0.6) is 5.75 Å². The molecule has 1 aromatic rings. The maximum absolute atomic E-state index is 11.1. The summed E-state index contributed by atoms with van der Waals surface area (Å²) >= 11 is 0. The molecule has 1 aromatic carbocycles. The number of nitrogens with one attached hydrogen (secondary N) is 1. The molecular weight excluding hydrogens is 248 g/mol. The van der Waals surface area contributed by atoms with Crippen molar-refractivity contribution in [3.63, 3.8) is 0 Å². The average Bonchev–Trinajstić information content (AvgIpc) is 2.41. The highest BCUT2D eigenvalue weighted by atomic mass is 16.6. The quantitative estimate of drug-likeness (QED) is 0.645. The first-order chi connectivity index (χ1) is 9.11. The number of ether oxygens (including phenoxy) is 1. The van der Waals surface area contributed by atoms with Crippen molar-refractivity contribution in [2.45, 2.75) is 37.8 Å². The smallest absolute Gasteiger partial charge is 0.296 e. The third kappa shape index (κ3) is 3.14. The van der Waals surface area contributed by atoms with E-state index in [9.17, 15) is 15.2 Å². The van der Waals surface area contributed by atoms with Crippen LogP contribution in [0.1, 0.15) is 25.7 Å². The summed E-state index contributed by atoms with van der Waals surface area (Å²) < 4.78 is 4.99. The number of nitrogens with zero attached hydrogens (tertiary/aromatic N) is 1. The van der Waals surface area contributed by atoms with Crippen molar-refractivity contribution < 1.29 is 14.8 Å². The fraction of sp³-hybridized carbons (Fsp3) is 0.538. The summed E-state index contributed by atoms with van der Waals surface area (Å²) in [5.74, 6) is 0.446. The fourth-order valence-corrected chi connectivity index (χ4v) is 2.39. The molecule has 19 heavy (non-hydrogen) atoms.